The van der Waals surface area contributed by atoms with Crippen molar-refractivity contribution in [2.75, 3.05) is 12.3 Å². The molecule has 0 saturated carbocycles. The summed E-state index contributed by atoms with van der Waals surface area (Å²) >= 11 is 6.13. The summed E-state index contributed by atoms with van der Waals surface area (Å²) in [7, 11) is -3.09. The Labute approximate surface area is 127 Å². The number of sulfone groups is 1. The maximum absolute atomic E-state index is 12.1. The summed E-state index contributed by atoms with van der Waals surface area (Å²) in [5.41, 5.74) is 6.80. The molecule has 3 nitrogen and oxygen atoms in total. The van der Waals surface area contributed by atoms with Crippen LogP contribution in [-0.2, 0) is 16.3 Å². The van der Waals surface area contributed by atoms with Gasteiger partial charge in [0, 0.05) is 5.02 Å². The van der Waals surface area contributed by atoms with Crippen molar-refractivity contribution < 1.29 is 8.42 Å². The van der Waals surface area contributed by atoms with Gasteiger partial charge in [0.1, 0.15) is 0 Å². The summed E-state index contributed by atoms with van der Waals surface area (Å²) in [5, 5.41) is 0.713. The Hall–Kier alpha value is -0.580. The van der Waals surface area contributed by atoms with Gasteiger partial charge in [0.15, 0.2) is 9.84 Å². The number of benzene rings is 1. The molecule has 1 atom stereocenters. The van der Waals surface area contributed by atoms with E-state index in [1.807, 2.05) is 24.3 Å². The molecule has 0 aliphatic rings. The van der Waals surface area contributed by atoms with Crippen LogP contribution in [0.5, 0.6) is 0 Å². The maximum atomic E-state index is 12.1. The van der Waals surface area contributed by atoms with E-state index in [9.17, 15) is 8.42 Å². The van der Waals surface area contributed by atoms with Crippen molar-refractivity contribution in [3.05, 3.63) is 34.9 Å². The van der Waals surface area contributed by atoms with Gasteiger partial charge in [-0.2, -0.15) is 0 Å². The Balaban J connectivity index is 2.68. The predicted octanol–water partition coefficient (Wildman–Crippen LogP) is 3.06. The summed E-state index contributed by atoms with van der Waals surface area (Å²) in [6.45, 7) is 5.65. The minimum Gasteiger partial charge on any atom is -0.330 e. The number of nitrogens with two attached hydrogens (primary N) is 1. The van der Waals surface area contributed by atoms with E-state index in [1.165, 1.54) is 0 Å². The molecule has 0 spiro atoms. The molecule has 0 heterocycles. The second-order valence-corrected chi connectivity index (χ2v) is 9.39. The molecule has 1 unspecified atom stereocenters. The van der Waals surface area contributed by atoms with E-state index in [1.54, 1.807) is 20.8 Å². The second-order valence-electron chi connectivity index (χ2n) is 6.12. The summed E-state index contributed by atoms with van der Waals surface area (Å²) < 4.78 is 23.5. The highest BCUT2D eigenvalue weighted by atomic mass is 35.5. The van der Waals surface area contributed by atoms with Crippen molar-refractivity contribution in [3.63, 3.8) is 0 Å². The number of rotatable bonds is 6. The molecule has 2 N–H and O–H groups in total. The maximum Gasteiger partial charge on any atom is 0.155 e. The van der Waals surface area contributed by atoms with Gasteiger partial charge in [0.05, 0.1) is 10.5 Å². The van der Waals surface area contributed by atoms with Crippen molar-refractivity contribution in [2.24, 2.45) is 11.7 Å². The third kappa shape index (κ3) is 4.76. The molecule has 0 bridgehead atoms. The molecule has 5 heteroatoms. The van der Waals surface area contributed by atoms with Gasteiger partial charge in [0.2, 0.25) is 0 Å². The van der Waals surface area contributed by atoms with Crippen LogP contribution in [0.2, 0.25) is 5.02 Å². The first kappa shape index (κ1) is 17.5. The smallest absolute Gasteiger partial charge is 0.155 e. The summed E-state index contributed by atoms with van der Waals surface area (Å²) in [4.78, 5) is 0. The van der Waals surface area contributed by atoms with E-state index in [2.05, 4.69) is 0 Å². The van der Waals surface area contributed by atoms with Gasteiger partial charge in [-0.3, -0.25) is 0 Å². The van der Waals surface area contributed by atoms with Crippen molar-refractivity contribution in [1.82, 2.24) is 0 Å². The Morgan fingerprint density at radius 1 is 1.25 bits per heavy atom. The number of hydrogen-bond acceptors (Lipinski definition) is 3. The molecule has 114 valence electrons. The third-order valence-electron chi connectivity index (χ3n) is 3.53. The first-order valence-corrected chi connectivity index (χ1v) is 8.86. The lowest BCUT2D eigenvalue weighted by atomic mass is 9.97. The molecule has 0 fully saturated rings. The fraction of sp³-hybridized carbons (Fsp3) is 0.600. The van der Waals surface area contributed by atoms with Gasteiger partial charge in [-0.25, -0.2) is 8.42 Å². The van der Waals surface area contributed by atoms with Crippen LogP contribution >= 0.6 is 11.6 Å². The van der Waals surface area contributed by atoms with E-state index in [-0.39, 0.29) is 11.7 Å². The van der Waals surface area contributed by atoms with Crippen molar-refractivity contribution >= 4 is 21.4 Å². The minimum atomic E-state index is -3.09. The van der Waals surface area contributed by atoms with Gasteiger partial charge in [-0.15, -0.1) is 0 Å². The van der Waals surface area contributed by atoms with Gasteiger partial charge in [0.25, 0.3) is 0 Å². The lowest BCUT2D eigenvalue weighted by Gasteiger charge is -2.21. The average Bonchev–Trinajstić information content (AvgIpc) is 2.35. The van der Waals surface area contributed by atoms with Gasteiger partial charge in [-0.1, -0.05) is 29.8 Å². The fourth-order valence-corrected chi connectivity index (χ4v) is 3.38. The van der Waals surface area contributed by atoms with Crippen LogP contribution in [0.25, 0.3) is 0 Å². The minimum absolute atomic E-state index is 0.132. The Bertz CT molecular complexity index is 535. The fourth-order valence-electron chi connectivity index (χ4n) is 1.91. The van der Waals surface area contributed by atoms with Gasteiger partial charge >= 0.3 is 0 Å². The molecular weight excluding hydrogens is 294 g/mol. The van der Waals surface area contributed by atoms with Crippen molar-refractivity contribution in [2.45, 2.75) is 38.4 Å². The van der Waals surface area contributed by atoms with Crippen LogP contribution in [0, 0.1) is 5.92 Å². The zero-order valence-corrected chi connectivity index (χ0v) is 14.0. The van der Waals surface area contributed by atoms with E-state index in [0.29, 0.717) is 18.0 Å². The van der Waals surface area contributed by atoms with Crippen LogP contribution in [0.3, 0.4) is 0 Å². The quantitative estimate of drug-likeness (QED) is 0.877. The molecule has 1 aromatic rings. The zero-order valence-electron chi connectivity index (χ0n) is 12.4. The lowest BCUT2D eigenvalue weighted by molar-refractivity contribution is 0.503. The largest absolute Gasteiger partial charge is 0.330 e. The summed E-state index contributed by atoms with van der Waals surface area (Å²) in [6.07, 6.45) is 1.29. The molecular formula is C15H24ClNO2S. The molecule has 20 heavy (non-hydrogen) atoms. The van der Waals surface area contributed by atoms with E-state index in [0.717, 1.165) is 12.0 Å². The van der Waals surface area contributed by atoms with E-state index < -0.39 is 14.6 Å². The highest BCUT2D eigenvalue weighted by Gasteiger charge is 2.29. The Morgan fingerprint density at radius 3 is 2.35 bits per heavy atom. The molecule has 0 aliphatic carbocycles. The highest BCUT2D eigenvalue weighted by Crippen LogP contribution is 2.23. The first-order valence-electron chi connectivity index (χ1n) is 6.83. The van der Waals surface area contributed by atoms with Crippen LogP contribution in [0.4, 0.5) is 0 Å². The van der Waals surface area contributed by atoms with Crippen LogP contribution in [0.1, 0.15) is 32.8 Å². The monoisotopic (exact) mass is 317 g/mol. The highest BCUT2D eigenvalue weighted by molar-refractivity contribution is 7.92. The number of hydrogen-bond donors (Lipinski definition) is 1. The van der Waals surface area contributed by atoms with E-state index in [4.69, 9.17) is 17.3 Å². The van der Waals surface area contributed by atoms with Crippen molar-refractivity contribution in [1.29, 1.82) is 0 Å². The molecule has 1 aromatic carbocycles. The summed E-state index contributed by atoms with van der Waals surface area (Å²) in [5.74, 6) is 0.301. The van der Waals surface area contributed by atoms with Crippen LogP contribution < -0.4 is 5.73 Å². The zero-order chi connectivity index (χ0) is 15.4. The van der Waals surface area contributed by atoms with Gasteiger partial charge < -0.3 is 5.73 Å². The molecule has 0 aromatic heterocycles. The van der Waals surface area contributed by atoms with E-state index >= 15 is 0 Å². The van der Waals surface area contributed by atoms with Crippen LogP contribution in [0.15, 0.2) is 24.3 Å². The standard InChI is InChI=1S/C15H24ClNO2S/c1-15(2,3)20(18,19)9-8-12(11-17)10-13-6-4-5-7-14(13)16/h4-7,12H,8-11,17H2,1-3H3. The normalized spacial score (nSPS) is 14.2. The SMILES string of the molecule is CC(C)(C)S(=O)(=O)CCC(CN)Cc1ccccc1Cl. The molecule has 0 amide bonds. The van der Waals surface area contributed by atoms with Crippen LogP contribution in [-0.4, -0.2) is 25.5 Å². The summed E-state index contributed by atoms with van der Waals surface area (Å²) in [6, 6.07) is 7.62. The third-order valence-corrected chi connectivity index (χ3v) is 6.54. The van der Waals surface area contributed by atoms with Gasteiger partial charge in [-0.05, 0) is 57.7 Å². The molecule has 1 rings (SSSR count). The Morgan fingerprint density at radius 2 is 1.85 bits per heavy atom. The number of halogens is 1. The topological polar surface area (TPSA) is 60.2 Å². The predicted molar refractivity (Wildman–Crippen MR) is 85.9 cm³/mol. The first-order chi connectivity index (χ1) is 9.17. The average molecular weight is 318 g/mol. The molecule has 0 radical (unpaired) electrons. The second kappa shape index (κ2) is 6.92. The lowest BCUT2D eigenvalue weighted by Crippen LogP contribution is -2.32. The molecule has 0 saturated heterocycles. The Kier molecular flexibility index (Phi) is 6.05. The molecule has 0 aliphatic heterocycles. The van der Waals surface area contributed by atoms with Crippen molar-refractivity contribution in [3.8, 4) is 0 Å².